The van der Waals surface area contributed by atoms with Gasteiger partial charge in [-0.1, -0.05) is 31.0 Å². The Labute approximate surface area is 173 Å². The molecule has 0 aliphatic heterocycles. The first-order chi connectivity index (χ1) is 14.3. The normalized spacial score (nSPS) is 14.7. The Morgan fingerprint density at radius 1 is 1.17 bits per heavy atom. The quantitative estimate of drug-likeness (QED) is 0.452. The molecule has 0 spiro atoms. The van der Waals surface area contributed by atoms with Crippen LogP contribution in [0.5, 0.6) is 0 Å². The van der Waals surface area contributed by atoms with Crippen LogP contribution in [-0.2, 0) is 14.5 Å². The second kappa shape index (κ2) is 9.29. The van der Waals surface area contributed by atoms with E-state index in [1.807, 2.05) is 30.3 Å². The predicted octanol–water partition coefficient (Wildman–Crippen LogP) is 0.324. The van der Waals surface area contributed by atoms with Gasteiger partial charge in [-0.2, -0.15) is 8.42 Å². The molecule has 30 heavy (non-hydrogen) atoms. The first kappa shape index (κ1) is 21.8. The van der Waals surface area contributed by atoms with E-state index in [1.54, 1.807) is 6.92 Å². The summed E-state index contributed by atoms with van der Waals surface area (Å²) >= 11 is 0. The maximum absolute atomic E-state index is 11.0. The van der Waals surface area contributed by atoms with Crippen LogP contribution in [-0.4, -0.2) is 50.9 Å². The monoisotopic (exact) mass is 431 g/mol. The maximum atomic E-state index is 11.0. The summed E-state index contributed by atoms with van der Waals surface area (Å²) < 4.78 is 27.9. The second-order valence-electron chi connectivity index (χ2n) is 6.51. The summed E-state index contributed by atoms with van der Waals surface area (Å²) in [7, 11) is -4.16. The molecular formula is C19H21N5O5S. The zero-order chi connectivity index (χ0) is 21.7. The summed E-state index contributed by atoms with van der Waals surface area (Å²) in [6, 6.07) is 9.35. The molecular weight excluding hydrogens is 410 g/mol. The Hall–Kier alpha value is -2.88. The fourth-order valence-electron chi connectivity index (χ4n) is 2.84. The van der Waals surface area contributed by atoms with Gasteiger partial charge in [0.15, 0.2) is 11.9 Å². The topological polar surface area (TPSA) is 153 Å². The highest BCUT2D eigenvalue weighted by Gasteiger charge is 2.29. The number of rotatable bonds is 7. The van der Waals surface area contributed by atoms with Gasteiger partial charge in [0.2, 0.25) is 0 Å². The maximum Gasteiger partial charge on any atom is 0.333 e. The number of aliphatic hydroxyl groups is 2. The molecule has 11 heteroatoms. The number of benzene rings is 1. The summed E-state index contributed by atoms with van der Waals surface area (Å²) in [5, 5.41) is 26.0. The van der Waals surface area contributed by atoms with Crippen molar-refractivity contribution in [2.24, 2.45) is 11.1 Å². The standard InChI is InChI=1S/C19H21N5O5S/c1-2-14(10-29-30(20,27)28)17(25)19(26)24-12-23-16-15(21-11-22-18(16)24)9-8-13-6-4-3-5-7-13/h3-7,11-12,14,17,19,25-26H,2,10H2,1H3,(H2,20,27,28)/t14-,17-,19-/m1/s1. The van der Waals surface area contributed by atoms with Crippen molar-refractivity contribution in [3.05, 3.63) is 54.2 Å². The third-order valence-corrected chi connectivity index (χ3v) is 4.97. The lowest BCUT2D eigenvalue weighted by molar-refractivity contribution is -0.0662. The van der Waals surface area contributed by atoms with E-state index in [1.165, 1.54) is 17.2 Å². The van der Waals surface area contributed by atoms with Crippen LogP contribution >= 0.6 is 0 Å². The van der Waals surface area contributed by atoms with E-state index in [0.717, 1.165) is 5.56 Å². The lowest BCUT2D eigenvalue weighted by Gasteiger charge is -2.26. The predicted molar refractivity (Wildman–Crippen MR) is 108 cm³/mol. The molecule has 4 N–H and O–H groups in total. The number of aliphatic hydroxyl groups excluding tert-OH is 2. The van der Waals surface area contributed by atoms with Crippen molar-refractivity contribution in [3.63, 3.8) is 0 Å². The summed E-state index contributed by atoms with van der Waals surface area (Å²) in [6.45, 7) is 1.35. The molecule has 0 amide bonds. The molecule has 0 bridgehead atoms. The van der Waals surface area contributed by atoms with Crippen molar-refractivity contribution in [2.75, 3.05) is 6.61 Å². The van der Waals surface area contributed by atoms with Gasteiger partial charge < -0.3 is 10.2 Å². The zero-order valence-corrected chi connectivity index (χ0v) is 16.9. The van der Waals surface area contributed by atoms with Crippen molar-refractivity contribution in [1.29, 1.82) is 0 Å². The van der Waals surface area contributed by atoms with Gasteiger partial charge in [0.25, 0.3) is 0 Å². The molecule has 1 aromatic carbocycles. The largest absolute Gasteiger partial charge is 0.388 e. The van der Waals surface area contributed by atoms with E-state index in [-0.39, 0.29) is 12.3 Å². The van der Waals surface area contributed by atoms with E-state index in [9.17, 15) is 18.6 Å². The van der Waals surface area contributed by atoms with Crippen LogP contribution in [0.15, 0.2) is 43.0 Å². The van der Waals surface area contributed by atoms with Gasteiger partial charge in [0.1, 0.15) is 23.6 Å². The average Bonchev–Trinajstić information content (AvgIpc) is 3.16. The van der Waals surface area contributed by atoms with E-state index < -0.39 is 28.6 Å². The average molecular weight is 431 g/mol. The molecule has 0 aliphatic rings. The highest BCUT2D eigenvalue weighted by Crippen LogP contribution is 2.23. The third-order valence-electron chi connectivity index (χ3n) is 4.50. The van der Waals surface area contributed by atoms with Gasteiger partial charge in [-0.25, -0.2) is 20.1 Å². The summed E-state index contributed by atoms with van der Waals surface area (Å²) in [5.74, 6) is 5.22. The van der Waals surface area contributed by atoms with Gasteiger partial charge in [-0.15, -0.1) is 0 Å². The molecule has 0 saturated carbocycles. The molecule has 158 valence electrons. The van der Waals surface area contributed by atoms with Crippen molar-refractivity contribution in [1.82, 2.24) is 19.5 Å². The molecule has 0 fully saturated rings. The molecule has 2 heterocycles. The Morgan fingerprint density at radius 3 is 2.57 bits per heavy atom. The Kier molecular flexibility index (Phi) is 6.76. The number of fused-ring (bicyclic) bond motifs is 1. The number of aromatic nitrogens is 4. The van der Waals surface area contributed by atoms with Crippen LogP contribution in [0.2, 0.25) is 0 Å². The van der Waals surface area contributed by atoms with Crippen LogP contribution in [0, 0.1) is 17.8 Å². The van der Waals surface area contributed by atoms with E-state index in [2.05, 4.69) is 31.0 Å². The van der Waals surface area contributed by atoms with Crippen LogP contribution < -0.4 is 5.14 Å². The van der Waals surface area contributed by atoms with Gasteiger partial charge in [0, 0.05) is 11.5 Å². The SMILES string of the molecule is CC[C@H](COS(N)(=O)=O)[C@@H](O)[C@@H](O)n1cnc2c(C#Cc3ccccc3)ncnc21. The van der Waals surface area contributed by atoms with Gasteiger partial charge in [0.05, 0.1) is 12.9 Å². The lowest BCUT2D eigenvalue weighted by Crippen LogP contribution is -2.34. The van der Waals surface area contributed by atoms with Crippen molar-refractivity contribution >= 4 is 21.5 Å². The van der Waals surface area contributed by atoms with Crippen molar-refractivity contribution in [3.8, 4) is 11.8 Å². The van der Waals surface area contributed by atoms with Gasteiger partial charge >= 0.3 is 10.3 Å². The smallest absolute Gasteiger partial charge is 0.333 e. The molecule has 0 saturated heterocycles. The third kappa shape index (κ3) is 5.18. The number of hydrogen-bond donors (Lipinski definition) is 3. The Balaban J connectivity index is 1.87. The first-order valence-electron chi connectivity index (χ1n) is 9.08. The fraction of sp³-hybridized carbons (Fsp3) is 0.316. The van der Waals surface area contributed by atoms with Gasteiger partial charge in [-0.05, 0) is 24.5 Å². The molecule has 0 unspecified atom stereocenters. The molecule has 3 aromatic rings. The van der Waals surface area contributed by atoms with E-state index in [4.69, 9.17) is 5.14 Å². The Morgan fingerprint density at radius 2 is 1.90 bits per heavy atom. The lowest BCUT2D eigenvalue weighted by atomic mass is 9.99. The van der Waals surface area contributed by atoms with Crippen molar-refractivity contribution < 1.29 is 22.8 Å². The highest BCUT2D eigenvalue weighted by molar-refractivity contribution is 7.84. The summed E-state index contributed by atoms with van der Waals surface area (Å²) in [4.78, 5) is 12.5. The first-order valence-corrected chi connectivity index (χ1v) is 10.5. The highest BCUT2D eigenvalue weighted by atomic mass is 32.2. The second-order valence-corrected chi connectivity index (χ2v) is 7.73. The number of imidazole rings is 1. The van der Waals surface area contributed by atoms with Crippen molar-refractivity contribution in [2.45, 2.75) is 25.7 Å². The van der Waals surface area contributed by atoms with Crippen LogP contribution in [0.25, 0.3) is 11.2 Å². The van der Waals surface area contributed by atoms with E-state index >= 15 is 0 Å². The van der Waals surface area contributed by atoms with Crippen LogP contribution in [0.4, 0.5) is 0 Å². The van der Waals surface area contributed by atoms with Gasteiger partial charge in [-0.3, -0.25) is 8.75 Å². The van der Waals surface area contributed by atoms with Crippen LogP contribution in [0.1, 0.15) is 30.8 Å². The molecule has 0 radical (unpaired) electrons. The summed E-state index contributed by atoms with van der Waals surface area (Å²) in [5.41, 5.74) is 1.81. The summed E-state index contributed by atoms with van der Waals surface area (Å²) in [6.07, 6.45) is 0.129. The minimum atomic E-state index is -4.16. The number of nitrogens with two attached hydrogens (primary N) is 1. The number of nitrogens with zero attached hydrogens (tertiary/aromatic N) is 4. The molecule has 3 rings (SSSR count). The zero-order valence-electron chi connectivity index (χ0n) is 16.1. The van der Waals surface area contributed by atoms with E-state index in [0.29, 0.717) is 17.6 Å². The Bertz CT molecular complexity index is 1170. The minimum absolute atomic E-state index is 0.274. The minimum Gasteiger partial charge on any atom is -0.388 e. The van der Waals surface area contributed by atoms with Crippen LogP contribution in [0.3, 0.4) is 0 Å². The fourth-order valence-corrected chi connectivity index (χ4v) is 3.20. The molecule has 3 atom stereocenters. The molecule has 0 aliphatic carbocycles. The molecule has 10 nitrogen and oxygen atoms in total. The number of hydrogen-bond acceptors (Lipinski definition) is 8. The molecule has 2 aromatic heterocycles.